The van der Waals surface area contributed by atoms with E-state index in [-0.39, 0.29) is 0 Å². The molecule has 19 heavy (non-hydrogen) atoms. The van der Waals surface area contributed by atoms with Crippen LogP contribution in [0.25, 0.3) is 0 Å². The zero-order valence-corrected chi connectivity index (χ0v) is 14.0. The van der Waals surface area contributed by atoms with Gasteiger partial charge in [-0.1, -0.05) is 51.9 Å². The smallest absolute Gasteiger partial charge is 0.00355 e. The molecule has 0 aliphatic heterocycles. The Morgan fingerprint density at radius 1 is 0.789 bits per heavy atom. The predicted octanol–water partition coefficient (Wildman–Crippen LogP) is 4.45. The van der Waals surface area contributed by atoms with Crippen LogP contribution < -0.4 is 5.32 Å². The number of hydrogen-bond acceptors (Lipinski definition) is 2. The quantitative estimate of drug-likeness (QED) is 0.469. The molecule has 0 heterocycles. The van der Waals surface area contributed by atoms with Crippen molar-refractivity contribution < 1.29 is 0 Å². The van der Waals surface area contributed by atoms with Gasteiger partial charge in [0.1, 0.15) is 0 Å². The van der Waals surface area contributed by atoms with Crippen molar-refractivity contribution in [1.82, 2.24) is 10.2 Å². The van der Waals surface area contributed by atoms with E-state index in [0.29, 0.717) is 6.04 Å². The van der Waals surface area contributed by atoms with Crippen LogP contribution in [0.3, 0.4) is 0 Å². The van der Waals surface area contributed by atoms with E-state index in [2.05, 4.69) is 38.0 Å². The second-order valence-corrected chi connectivity index (χ2v) is 6.15. The maximum Gasteiger partial charge on any atom is 0.00355 e. The molecule has 0 radical (unpaired) electrons. The Labute approximate surface area is 122 Å². The Balaban J connectivity index is 3.03. The minimum Gasteiger partial charge on any atom is -0.317 e. The third-order valence-corrected chi connectivity index (χ3v) is 3.95. The topological polar surface area (TPSA) is 15.3 Å². The normalized spacial score (nSPS) is 11.7. The van der Waals surface area contributed by atoms with Crippen LogP contribution in [0.1, 0.15) is 78.6 Å². The fourth-order valence-electron chi connectivity index (χ4n) is 2.22. The average molecular weight is 271 g/mol. The number of unbranched alkanes of at least 4 members (excludes halogenated alkanes) is 7. The lowest BCUT2D eigenvalue weighted by Gasteiger charge is -2.20. The van der Waals surface area contributed by atoms with Crippen molar-refractivity contribution in [3.05, 3.63) is 0 Å². The van der Waals surface area contributed by atoms with Crippen LogP contribution in [0.4, 0.5) is 0 Å². The second kappa shape index (κ2) is 14.3. The Morgan fingerprint density at radius 3 is 1.89 bits per heavy atom. The first-order chi connectivity index (χ1) is 9.18. The van der Waals surface area contributed by atoms with Gasteiger partial charge in [-0.15, -0.1) is 0 Å². The second-order valence-electron chi connectivity index (χ2n) is 6.15. The lowest BCUT2D eigenvalue weighted by molar-refractivity contribution is 0.269. The van der Waals surface area contributed by atoms with Gasteiger partial charge in [0.15, 0.2) is 0 Å². The first kappa shape index (κ1) is 18.9. The summed E-state index contributed by atoms with van der Waals surface area (Å²) < 4.78 is 0. The molecule has 2 heteroatoms. The van der Waals surface area contributed by atoms with Crippen molar-refractivity contribution >= 4 is 0 Å². The minimum atomic E-state index is 0.674. The third kappa shape index (κ3) is 14.1. The van der Waals surface area contributed by atoms with Gasteiger partial charge in [0.25, 0.3) is 0 Å². The Bertz CT molecular complexity index is 169. The molecule has 0 atom stereocenters. The molecule has 0 spiro atoms. The zero-order chi connectivity index (χ0) is 14.3. The van der Waals surface area contributed by atoms with Crippen LogP contribution in [0, 0.1) is 0 Å². The lowest BCUT2D eigenvalue weighted by atomic mass is 10.1. The van der Waals surface area contributed by atoms with Gasteiger partial charge >= 0.3 is 0 Å². The summed E-state index contributed by atoms with van der Waals surface area (Å²) in [5.74, 6) is 0. The molecule has 0 aromatic rings. The Kier molecular flexibility index (Phi) is 14.3. The fourth-order valence-corrected chi connectivity index (χ4v) is 2.22. The lowest BCUT2D eigenvalue weighted by Crippen LogP contribution is -2.29. The number of hydrogen-bond donors (Lipinski definition) is 1. The summed E-state index contributed by atoms with van der Waals surface area (Å²) in [5, 5.41) is 3.56. The van der Waals surface area contributed by atoms with Crippen LogP contribution >= 0.6 is 0 Å². The molecule has 116 valence electrons. The number of rotatable bonds is 14. The summed E-state index contributed by atoms with van der Waals surface area (Å²) in [6.07, 6.45) is 12.6. The standard InChI is InChI=1S/C17H38N2/c1-5-6-7-8-9-10-11-12-14-18-15-13-16-19(4)17(2)3/h17-18H,5-16H2,1-4H3. The molecule has 0 saturated heterocycles. The molecule has 0 aliphatic rings. The molecule has 0 aromatic carbocycles. The number of nitrogens with one attached hydrogen (secondary N) is 1. The van der Waals surface area contributed by atoms with Crippen LogP contribution in [0.15, 0.2) is 0 Å². The molecule has 0 bridgehead atoms. The summed E-state index contributed by atoms with van der Waals surface area (Å²) in [7, 11) is 2.21. The monoisotopic (exact) mass is 270 g/mol. The molecule has 0 saturated carbocycles. The summed E-state index contributed by atoms with van der Waals surface area (Å²) >= 11 is 0. The first-order valence-corrected chi connectivity index (χ1v) is 8.59. The summed E-state index contributed by atoms with van der Waals surface area (Å²) in [6.45, 7) is 10.4. The maximum absolute atomic E-state index is 3.56. The van der Waals surface area contributed by atoms with Crippen molar-refractivity contribution in [3.8, 4) is 0 Å². The predicted molar refractivity (Wildman–Crippen MR) is 87.9 cm³/mol. The Hall–Kier alpha value is -0.0800. The molecule has 1 N–H and O–H groups in total. The molecular weight excluding hydrogens is 232 g/mol. The van der Waals surface area contributed by atoms with Gasteiger partial charge in [-0.3, -0.25) is 0 Å². The van der Waals surface area contributed by atoms with Crippen LogP contribution in [0.5, 0.6) is 0 Å². The SMILES string of the molecule is CCCCCCCCCCNCCCN(C)C(C)C. The van der Waals surface area contributed by atoms with Gasteiger partial charge in [0.05, 0.1) is 0 Å². The van der Waals surface area contributed by atoms with E-state index in [1.807, 2.05) is 0 Å². The molecular formula is C17H38N2. The molecule has 0 amide bonds. The average Bonchev–Trinajstić information content (AvgIpc) is 2.39. The molecule has 0 rings (SSSR count). The van der Waals surface area contributed by atoms with Gasteiger partial charge in [0.2, 0.25) is 0 Å². The van der Waals surface area contributed by atoms with Crippen LogP contribution in [0.2, 0.25) is 0 Å². The molecule has 0 aromatic heterocycles. The Morgan fingerprint density at radius 2 is 1.32 bits per heavy atom. The highest BCUT2D eigenvalue weighted by Gasteiger charge is 2.01. The maximum atomic E-state index is 3.56. The van der Waals surface area contributed by atoms with E-state index in [9.17, 15) is 0 Å². The first-order valence-electron chi connectivity index (χ1n) is 8.59. The van der Waals surface area contributed by atoms with Crippen molar-refractivity contribution in [2.24, 2.45) is 0 Å². The summed E-state index contributed by atoms with van der Waals surface area (Å²) in [5.41, 5.74) is 0. The van der Waals surface area contributed by atoms with Crippen LogP contribution in [-0.4, -0.2) is 37.6 Å². The molecule has 0 unspecified atom stereocenters. The van der Waals surface area contributed by atoms with E-state index >= 15 is 0 Å². The third-order valence-electron chi connectivity index (χ3n) is 3.95. The van der Waals surface area contributed by atoms with Crippen molar-refractivity contribution in [3.63, 3.8) is 0 Å². The van der Waals surface area contributed by atoms with Crippen molar-refractivity contribution in [2.45, 2.75) is 84.6 Å². The van der Waals surface area contributed by atoms with Crippen molar-refractivity contribution in [2.75, 3.05) is 26.7 Å². The van der Waals surface area contributed by atoms with Gasteiger partial charge < -0.3 is 10.2 Å². The van der Waals surface area contributed by atoms with E-state index in [4.69, 9.17) is 0 Å². The van der Waals surface area contributed by atoms with Crippen molar-refractivity contribution in [1.29, 1.82) is 0 Å². The van der Waals surface area contributed by atoms with Crippen LogP contribution in [-0.2, 0) is 0 Å². The van der Waals surface area contributed by atoms with E-state index in [1.54, 1.807) is 0 Å². The molecule has 0 aliphatic carbocycles. The van der Waals surface area contributed by atoms with E-state index < -0.39 is 0 Å². The fraction of sp³-hybridized carbons (Fsp3) is 1.00. The highest BCUT2D eigenvalue weighted by Crippen LogP contribution is 2.07. The van der Waals surface area contributed by atoms with E-state index in [1.165, 1.54) is 77.4 Å². The van der Waals surface area contributed by atoms with Gasteiger partial charge in [-0.2, -0.15) is 0 Å². The molecule has 2 nitrogen and oxygen atoms in total. The largest absolute Gasteiger partial charge is 0.317 e. The van der Waals surface area contributed by atoms with Gasteiger partial charge in [0, 0.05) is 6.04 Å². The summed E-state index contributed by atoms with van der Waals surface area (Å²) in [6, 6.07) is 0.674. The summed E-state index contributed by atoms with van der Waals surface area (Å²) in [4.78, 5) is 2.41. The van der Waals surface area contributed by atoms with E-state index in [0.717, 1.165) is 0 Å². The number of nitrogens with zero attached hydrogens (tertiary/aromatic N) is 1. The highest BCUT2D eigenvalue weighted by molar-refractivity contribution is 4.58. The zero-order valence-electron chi connectivity index (χ0n) is 14.0. The van der Waals surface area contributed by atoms with Gasteiger partial charge in [-0.05, 0) is 53.4 Å². The minimum absolute atomic E-state index is 0.674. The van der Waals surface area contributed by atoms with Gasteiger partial charge in [-0.25, -0.2) is 0 Å². The molecule has 0 fully saturated rings. The highest BCUT2D eigenvalue weighted by atomic mass is 15.1.